The van der Waals surface area contributed by atoms with Gasteiger partial charge in [-0.15, -0.1) is 11.6 Å². The van der Waals surface area contributed by atoms with Crippen molar-refractivity contribution in [2.75, 3.05) is 32.2 Å². The molecule has 1 amide bonds. The normalized spacial score (nSPS) is 24.3. The third kappa shape index (κ3) is 3.82. The van der Waals surface area contributed by atoms with E-state index in [1.165, 1.54) is 0 Å². The Kier molecular flexibility index (Phi) is 5.22. The van der Waals surface area contributed by atoms with Crippen LogP contribution < -0.4 is 5.32 Å². The first-order valence-electron chi connectivity index (χ1n) is 4.77. The maximum absolute atomic E-state index is 11.5. The van der Waals surface area contributed by atoms with Gasteiger partial charge in [0.25, 0.3) is 5.91 Å². The van der Waals surface area contributed by atoms with E-state index in [0.29, 0.717) is 32.2 Å². The molecule has 14 heavy (non-hydrogen) atoms. The lowest BCUT2D eigenvalue weighted by Crippen LogP contribution is -2.44. The van der Waals surface area contributed by atoms with Gasteiger partial charge in [0.1, 0.15) is 0 Å². The van der Waals surface area contributed by atoms with E-state index in [-0.39, 0.29) is 11.8 Å². The van der Waals surface area contributed by atoms with Crippen molar-refractivity contribution in [2.45, 2.75) is 13.0 Å². The van der Waals surface area contributed by atoms with Gasteiger partial charge in [-0.3, -0.25) is 4.79 Å². The monoisotopic (exact) mass is 221 g/mol. The van der Waals surface area contributed by atoms with Crippen LogP contribution in [0.4, 0.5) is 0 Å². The number of carbonyl (C=O) groups is 1. The van der Waals surface area contributed by atoms with Gasteiger partial charge in [-0.05, 0) is 5.92 Å². The van der Waals surface area contributed by atoms with Crippen LogP contribution in [0.5, 0.6) is 0 Å². The zero-order valence-electron chi connectivity index (χ0n) is 8.29. The Morgan fingerprint density at radius 1 is 1.64 bits per heavy atom. The van der Waals surface area contributed by atoms with Crippen LogP contribution in [-0.4, -0.2) is 44.3 Å². The quantitative estimate of drug-likeness (QED) is 0.699. The SMILES string of the molecule is CC(CCl)CNC(=O)C1COCCO1. The standard InChI is InChI=1S/C9H16ClNO3/c1-7(4-10)5-11-9(12)8-6-13-2-3-14-8/h7-8H,2-6H2,1H3,(H,11,12). The van der Waals surface area contributed by atoms with Crippen LogP contribution in [-0.2, 0) is 14.3 Å². The molecular formula is C9H16ClNO3. The summed E-state index contributed by atoms with van der Waals surface area (Å²) in [4.78, 5) is 11.5. The second-order valence-electron chi connectivity index (χ2n) is 3.44. The summed E-state index contributed by atoms with van der Waals surface area (Å²) in [5, 5.41) is 2.77. The van der Waals surface area contributed by atoms with Gasteiger partial charge in [0, 0.05) is 12.4 Å². The molecule has 1 heterocycles. The van der Waals surface area contributed by atoms with Gasteiger partial charge in [0.05, 0.1) is 19.8 Å². The highest BCUT2D eigenvalue weighted by Gasteiger charge is 2.22. The van der Waals surface area contributed by atoms with Crippen molar-refractivity contribution in [1.29, 1.82) is 0 Å². The molecule has 0 aromatic carbocycles. The highest BCUT2D eigenvalue weighted by atomic mass is 35.5. The van der Waals surface area contributed by atoms with Gasteiger partial charge < -0.3 is 14.8 Å². The highest BCUT2D eigenvalue weighted by Crippen LogP contribution is 2.01. The molecular weight excluding hydrogens is 206 g/mol. The van der Waals surface area contributed by atoms with E-state index in [2.05, 4.69) is 5.32 Å². The van der Waals surface area contributed by atoms with E-state index in [9.17, 15) is 4.79 Å². The molecule has 1 fully saturated rings. The number of nitrogens with one attached hydrogen (secondary N) is 1. The molecule has 4 nitrogen and oxygen atoms in total. The molecule has 5 heteroatoms. The Bertz CT molecular complexity index is 183. The molecule has 82 valence electrons. The first-order chi connectivity index (χ1) is 6.74. The summed E-state index contributed by atoms with van der Waals surface area (Å²) in [6, 6.07) is 0. The predicted octanol–water partition coefficient (Wildman–Crippen LogP) is 0.393. The van der Waals surface area contributed by atoms with Gasteiger partial charge >= 0.3 is 0 Å². The van der Waals surface area contributed by atoms with Crippen LogP contribution in [0.2, 0.25) is 0 Å². The number of ether oxygens (including phenoxy) is 2. The topological polar surface area (TPSA) is 47.6 Å². The third-order valence-corrected chi connectivity index (χ3v) is 2.52. The second-order valence-corrected chi connectivity index (χ2v) is 3.75. The Hall–Kier alpha value is -0.320. The fraction of sp³-hybridized carbons (Fsp3) is 0.889. The molecule has 0 radical (unpaired) electrons. The summed E-state index contributed by atoms with van der Waals surface area (Å²) in [7, 11) is 0. The molecule has 0 bridgehead atoms. The smallest absolute Gasteiger partial charge is 0.251 e. The maximum atomic E-state index is 11.5. The van der Waals surface area contributed by atoms with Crippen molar-refractivity contribution in [1.82, 2.24) is 5.32 Å². The molecule has 0 aromatic rings. The molecule has 1 N–H and O–H groups in total. The third-order valence-electron chi connectivity index (χ3n) is 2.00. The van der Waals surface area contributed by atoms with Crippen LogP contribution in [0, 0.1) is 5.92 Å². The molecule has 2 unspecified atom stereocenters. The van der Waals surface area contributed by atoms with Crippen molar-refractivity contribution in [2.24, 2.45) is 5.92 Å². The first-order valence-corrected chi connectivity index (χ1v) is 5.30. The molecule has 2 atom stereocenters. The number of carbonyl (C=O) groups excluding carboxylic acids is 1. The van der Waals surface area contributed by atoms with Gasteiger partial charge in [-0.1, -0.05) is 6.92 Å². The molecule has 0 aromatic heterocycles. The van der Waals surface area contributed by atoms with Gasteiger partial charge in [-0.2, -0.15) is 0 Å². The minimum absolute atomic E-state index is 0.110. The molecule has 0 spiro atoms. The number of alkyl halides is 1. The number of hydrogen-bond acceptors (Lipinski definition) is 3. The van der Waals surface area contributed by atoms with Crippen LogP contribution in [0.3, 0.4) is 0 Å². The molecule has 1 saturated heterocycles. The lowest BCUT2D eigenvalue weighted by molar-refractivity contribution is -0.147. The van der Waals surface area contributed by atoms with Crippen LogP contribution in [0.25, 0.3) is 0 Å². The Labute approximate surface area is 88.9 Å². The van der Waals surface area contributed by atoms with E-state index >= 15 is 0 Å². The maximum Gasteiger partial charge on any atom is 0.251 e. The minimum atomic E-state index is -0.453. The number of hydrogen-bond donors (Lipinski definition) is 1. The van der Waals surface area contributed by atoms with Crippen molar-refractivity contribution in [3.05, 3.63) is 0 Å². The second kappa shape index (κ2) is 6.22. The van der Waals surface area contributed by atoms with E-state index in [4.69, 9.17) is 21.1 Å². The lowest BCUT2D eigenvalue weighted by atomic mass is 10.2. The summed E-state index contributed by atoms with van der Waals surface area (Å²) in [6.45, 7) is 3.97. The molecule has 1 rings (SSSR count). The summed E-state index contributed by atoms with van der Waals surface area (Å²) >= 11 is 5.61. The summed E-state index contributed by atoms with van der Waals surface area (Å²) in [5.41, 5.74) is 0. The van der Waals surface area contributed by atoms with E-state index in [1.54, 1.807) is 0 Å². The molecule has 0 aliphatic carbocycles. The van der Waals surface area contributed by atoms with E-state index in [1.807, 2.05) is 6.92 Å². The number of halogens is 1. The highest BCUT2D eigenvalue weighted by molar-refractivity contribution is 6.18. The van der Waals surface area contributed by atoms with Crippen molar-refractivity contribution in [3.8, 4) is 0 Å². The zero-order valence-corrected chi connectivity index (χ0v) is 9.05. The average Bonchev–Trinajstić information content (AvgIpc) is 2.26. The Balaban J connectivity index is 2.19. The summed E-state index contributed by atoms with van der Waals surface area (Å²) in [5.74, 6) is 0.717. The van der Waals surface area contributed by atoms with E-state index < -0.39 is 6.10 Å². The fourth-order valence-corrected chi connectivity index (χ4v) is 1.19. The zero-order chi connectivity index (χ0) is 10.4. The van der Waals surface area contributed by atoms with Crippen LogP contribution >= 0.6 is 11.6 Å². The Morgan fingerprint density at radius 3 is 3.00 bits per heavy atom. The minimum Gasteiger partial charge on any atom is -0.376 e. The lowest BCUT2D eigenvalue weighted by Gasteiger charge is -2.22. The van der Waals surface area contributed by atoms with Crippen molar-refractivity contribution < 1.29 is 14.3 Å². The van der Waals surface area contributed by atoms with Gasteiger partial charge in [0.15, 0.2) is 6.10 Å². The Morgan fingerprint density at radius 2 is 2.43 bits per heavy atom. The van der Waals surface area contributed by atoms with E-state index in [0.717, 1.165) is 0 Å². The largest absolute Gasteiger partial charge is 0.376 e. The first kappa shape index (κ1) is 11.8. The number of amides is 1. The van der Waals surface area contributed by atoms with Crippen LogP contribution in [0.1, 0.15) is 6.92 Å². The molecule has 1 aliphatic heterocycles. The fourth-order valence-electron chi connectivity index (χ4n) is 1.08. The molecule has 1 aliphatic rings. The number of rotatable bonds is 4. The summed E-state index contributed by atoms with van der Waals surface area (Å²) < 4.78 is 10.4. The van der Waals surface area contributed by atoms with Gasteiger partial charge in [-0.25, -0.2) is 0 Å². The average molecular weight is 222 g/mol. The predicted molar refractivity (Wildman–Crippen MR) is 53.5 cm³/mol. The van der Waals surface area contributed by atoms with Crippen molar-refractivity contribution >= 4 is 17.5 Å². The summed E-state index contributed by atoms with van der Waals surface area (Å²) in [6.07, 6.45) is -0.453. The molecule has 0 saturated carbocycles. The van der Waals surface area contributed by atoms with Crippen molar-refractivity contribution in [3.63, 3.8) is 0 Å². The van der Waals surface area contributed by atoms with Gasteiger partial charge in [0.2, 0.25) is 0 Å². The van der Waals surface area contributed by atoms with Crippen LogP contribution in [0.15, 0.2) is 0 Å².